The molecule has 0 spiro atoms. The van der Waals surface area contributed by atoms with Crippen molar-refractivity contribution in [3.8, 4) is 5.69 Å². The van der Waals surface area contributed by atoms with Crippen LogP contribution >= 0.6 is 11.8 Å². The van der Waals surface area contributed by atoms with Gasteiger partial charge in [0.15, 0.2) is 0 Å². The zero-order valence-corrected chi connectivity index (χ0v) is 18.9. The van der Waals surface area contributed by atoms with Crippen molar-refractivity contribution in [3.63, 3.8) is 0 Å². The number of esters is 1. The minimum atomic E-state index is -0.370. The van der Waals surface area contributed by atoms with E-state index < -0.39 is 0 Å². The lowest BCUT2D eigenvalue weighted by Crippen LogP contribution is -2.55. The lowest BCUT2D eigenvalue weighted by Gasteiger charge is -2.54. The lowest BCUT2D eigenvalue weighted by molar-refractivity contribution is -0.0120. The molecule has 1 aromatic heterocycles. The summed E-state index contributed by atoms with van der Waals surface area (Å²) in [6, 6.07) is 7.41. The Morgan fingerprint density at radius 3 is 2.32 bits per heavy atom. The van der Waals surface area contributed by atoms with Crippen molar-refractivity contribution >= 4 is 23.6 Å². The molecule has 7 heteroatoms. The molecule has 4 aliphatic carbocycles. The predicted molar refractivity (Wildman–Crippen MR) is 120 cm³/mol. The van der Waals surface area contributed by atoms with Crippen LogP contribution in [0.2, 0.25) is 0 Å². The minimum Gasteiger partial charge on any atom is -0.465 e. The Labute approximate surface area is 187 Å². The van der Waals surface area contributed by atoms with Crippen LogP contribution in [0.4, 0.5) is 0 Å². The first kappa shape index (κ1) is 20.6. The fourth-order valence-electron chi connectivity index (χ4n) is 6.20. The van der Waals surface area contributed by atoms with Crippen molar-refractivity contribution in [1.82, 2.24) is 15.1 Å². The van der Waals surface area contributed by atoms with E-state index in [1.165, 1.54) is 39.2 Å². The first-order valence-corrected chi connectivity index (χ1v) is 12.3. The Bertz CT molecular complexity index is 956. The fraction of sp³-hybridized carbons (Fsp3) is 0.542. The molecule has 0 saturated heterocycles. The maximum Gasteiger partial charge on any atom is 0.337 e. The van der Waals surface area contributed by atoms with Gasteiger partial charge < -0.3 is 10.1 Å². The number of amides is 1. The second-order valence-corrected chi connectivity index (χ2v) is 10.4. The molecule has 31 heavy (non-hydrogen) atoms. The SMILES string of the molecule is CCSc1c(C(=O)NC2C3CC4CC(C3)CC2C4)cnn1-c1ccc(C(=O)OC)cc1. The molecule has 6 nitrogen and oxygen atoms in total. The summed E-state index contributed by atoms with van der Waals surface area (Å²) in [7, 11) is 1.37. The van der Waals surface area contributed by atoms with E-state index in [-0.39, 0.29) is 11.9 Å². The molecule has 1 aromatic carbocycles. The largest absolute Gasteiger partial charge is 0.465 e. The quantitative estimate of drug-likeness (QED) is 0.536. The van der Waals surface area contributed by atoms with Crippen molar-refractivity contribution in [2.24, 2.45) is 23.7 Å². The number of nitrogens with zero attached hydrogens (tertiary/aromatic N) is 2. The number of rotatable bonds is 6. The highest BCUT2D eigenvalue weighted by Gasteiger charge is 2.48. The van der Waals surface area contributed by atoms with Gasteiger partial charge in [0.1, 0.15) is 5.03 Å². The predicted octanol–water partition coefficient (Wildman–Crippen LogP) is 4.33. The Morgan fingerprint density at radius 2 is 1.74 bits per heavy atom. The number of ether oxygens (including phenoxy) is 1. The Kier molecular flexibility index (Phi) is 5.54. The summed E-state index contributed by atoms with van der Waals surface area (Å²) in [5.41, 5.74) is 1.94. The van der Waals surface area contributed by atoms with E-state index in [0.717, 1.165) is 28.3 Å². The van der Waals surface area contributed by atoms with Crippen LogP contribution in [0.15, 0.2) is 35.5 Å². The van der Waals surface area contributed by atoms with Gasteiger partial charge in [0.05, 0.1) is 30.1 Å². The first-order chi connectivity index (χ1) is 15.1. The molecule has 1 amide bonds. The number of methoxy groups -OCH3 is 1. The van der Waals surface area contributed by atoms with Gasteiger partial charge in [0, 0.05) is 6.04 Å². The Hall–Kier alpha value is -2.28. The fourth-order valence-corrected chi connectivity index (χ4v) is 7.05. The summed E-state index contributed by atoms with van der Waals surface area (Å²) in [6.45, 7) is 2.07. The molecule has 4 aliphatic rings. The topological polar surface area (TPSA) is 73.2 Å². The van der Waals surface area contributed by atoms with E-state index in [1.54, 1.807) is 34.8 Å². The molecule has 164 valence electrons. The van der Waals surface area contributed by atoms with E-state index in [4.69, 9.17) is 4.74 Å². The highest BCUT2D eigenvalue weighted by molar-refractivity contribution is 7.99. The summed E-state index contributed by atoms with van der Waals surface area (Å²) >= 11 is 1.61. The highest BCUT2D eigenvalue weighted by atomic mass is 32.2. The van der Waals surface area contributed by atoms with Crippen LogP contribution in [0.3, 0.4) is 0 Å². The third-order valence-electron chi connectivity index (χ3n) is 7.31. The van der Waals surface area contributed by atoms with Crippen LogP contribution in [0.25, 0.3) is 5.69 Å². The van der Waals surface area contributed by atoms with Crippen LogP contribution in [0.5, 0.6) is 0 Å². The van der Waals surface area contributed by atoms with Crippen molar-refractivity contribution in [2.45, 2.75) is 50.1 Å². The third-order valence-corrected chi connectivity index (χ3v) is 8.26. The average molecular weight is 440 g/mol. The summed E-state index contributed by atoms with van der Waals surface area (Å²) in [5.74, 6) is 3.52. The van der Waals surface area contributed by atoms with Crippen molar-refractivity contribution in [1.29, 1.82) is 0 Å². The molecule has 6 rings (SSSR count). The van der Waals surface area contributed by atoms with Gasteiger partial charge in [-0.3, -0.25) is 4.79 Å². The molecule has 4 saturated carbocycles. The van der Waals surface area contributed by atoms with Gasteiger partial charge in [-0.2, -0.15) is 5.10 Å². The van der Waals surface area contributed by atoms with Crippen LogP contribution in [0.1, 0.15) is 59.7 Å². The van der Waals surface area contributed by atoms with Gasteiger partial charge in [0.25, 0.3) is 5.91 Å². The number of thioether (sulfide) groups is 1. The summed E-state index contributed by atoms with van der Waals surface area (Å²) in [6.07, 6.45) is 8.20. The number of hydrogen-bond acceptors (Lipinski definition) is 5. The molecule has 0 radical (unpaired) electrons. The van der Waals surface area contributed by atoms with E-state index >= 15 is 0 Å². The standard InChI is InChI=1S/C24H29N3O3S/c1-3-31-23-20(13-25-27(23)19-6-4-16(5-7-19)24(29)30-2)22(28)26-21-17-9-14-8-15(11-17)12-18(21)10-14/h4-7,13-15,17-18,21H,3,8-12H2,1-2H3,(H,26,28). The van der Waals surface area contributed by atoms with Crippen LogP contribution in [-0.4, -0.2) is 40.6 Å². The number of carbonyl (C=O) groups excluding carboxylic acids is 2. The normalized spacial score (nSPS) is 28.5. The van der Waals surface area contributed by atoms with Crippen LogP contribution in [-0.2, 0) is 4.74 Å². The maximum absolute atomic E-state index is 13.3. The molecule has 2 aromatic rings. The monoisotopic (exact) mass is 439 g/mol. The Morgan fingerprint density at radius 1 is 1.10 bits per heavy atom. The number of benzene rings is 1. The van der Waals surface area contributed by atoms with E-state index in [9.17, 15) is 9.59 Å². The van der Waals surface area contributed by atoms with Gasteiger partial charge in [-0.1, -0.05) is 6.92 Å². The summed E-state index contributed by atoms with van der Waals surface area (Å²) in [4.78, 5) is 25.0. The second-order valence-electron chi connectivity index (χ2n) is 9.18. The van der Waals surface area contributed by atoms with Crippen molar-refractivity contribution in [3.05, 3.63) is 41.6 Å². The van der Waals surface area contributed by atoms with E-state index in [0.29, 0.717) is 29.0 Å². The number of hydrogen-bond donors (Lipinski definition) is 1. The smallest absolute Gasteiger partial charge is 0.337 e. The lowest BCUT2D eigenvalue weighted by atomic mass is 9.54. The summed E-state index contributed by atoms with van der Waals surface area (Å²) < 4.78 is 6.57. The van der Waals surface area contributed by atoms with Gasteiger partial charge in [0.2, 0.25) is 0 Å². The Balaban J connectivity index is 1.38. The van der Waals surface area contributed by atoms with E-state index in [2.05, 4.69) is 17.3 Å². The maximum atomic E-state index is 13.3. The first-order valence-electron chi connectivity index (χ1n) is 11.3. The third kappa shape index (κ3) is 3.77. The second kappa shape index (κ2) is 8.34. The zero-order valence-electron chi connectivity index (χ0n) is 18.0. The number of aromatic nitrogens is 2. The molecule has 0 unspecified atom stereocenters. The molecular weight excluding hydrogens is 410 g/mol. The molecule has 0 atom stereocenters. The molecule has 0 aliphatic heterocycles. The van der Waals surface area contributed by atoms with Gasteiger partial charge >= 0.3 is 5.97 Å². The van der Waals surface area contributed by atoms with Gasteiger partial charge in [-0.15, -0.1) is 11.8 Å². The summed E-state index contributed by atoms with van der Waals surface area (Å²) in [5, 5.41) is 8.77. The van der Waals surface area contributed by atoms with Crippen molar-refractivity contribution in [2.75, 3.05) is 12.9 Å². The van der Waals surface area contributed by atoms with Crippen LogP contribution < -0.4 is 5.32 Å². The zero-order chi connectivity index (χ0) is 21.5. The number of carbonyl (C=O) groups is 2. The van der Waals surface area contributed by atoms with E-state index in [1.807, 2.05) is 12.1 Å². The van der Waals surface area contributed by atoms with Gasteiger partial charge in [-0.05, 0) is 85.8 Å². The number of nitrogens with one attached hydrogen (secondary N) is 1. The molecule has 4 bridgehead atoms. The molecule has 4 fully saturated rings. The molecular formula is C24H29N3O3S. The molecule has 1 N–H and O–H groups in total. The van der Waals surface area contributed by atoms with Crippen LogP contribution in [0, 0.1) is 23.7 Å². The van der Waals surface area contributed by atoms with Gasteiger partial charge in [-0.25, -0.2) is 9.48 Å². The minimum absolute atomic E-state index is 0.00847. The highest BCUT2D eigenvalue weighted by Crippen LogP contribution is 2.53. The molecule has 1 heterocycles. The average Bonchev–Trinajstić information content (AvgIpc) is 3.19. The van der Waals surface area contributed by atoms with Crippen molar-refractivity contribution < 1.29 is 14.3 Å².